The van der Waals surface area contributed by atoms with Crippen molar-refractivity contribution >= 4 is 50.2 Å². The molecule has 0 saturated carbocycles. The fourth-order valence-electron chi connectivity index (χ4n) is 2.33. The van der Waals surface area contributed by atoms with Gasteiger partial charge in [0, 0.05) is 21.0 Å². The van der Waals surface area contributed by atoms with Gasteiger partial charge < -0.3 is 14.8 Å². The molecule has 0 unspecified atom stereocenters. The molecule has 0 saturated heterocycles. The predicted octanol–water partition coefficient (Wildman–Crippen LogP) is 5.30. The number of benzene rings is 1. The zero-order chi connectivity index (χ0) is 19.8. The summed E-state index contributed by atoms with van der Waals surface area (Å²) in [7, 11) is 0. The lowest BCUT2D eigenvalue weighted by atomic mass is 10.2. The summed E-state index contributed by atoms with van der Waals surface area (Å²) in [5.41, 5.74) is 1.17. The zero-order valence-electron chi connectivity index (χ0n) is 15.5. The van der Waals surface area contributed by atoms with Gasteiger partial charge in [0.25, 0.3) is 0 Å². The van der Waals surface area contributed by atoms with E-state index in [2.05, 4.69) is 21.2 Å². The highest BCUT2D eigenvalue weighted by atomic mass is 79.9. The van der Waals surface area contributed by atoms with Crippen LogP contribution in [0.1, 0.15) is 41.6 Å². The van der Waals surface area contributed by atoms with Crippen molar-refractivity contribution in [1.29, 1.82) is 0 Å². The van der Waals surface area contributed by atoms with Gasteiger partial charge >= 0.3 is 5.97 Å². The Morgan fingerprint density at radius 2 is 1.96 bits per heavy atom. The Hall–Kier alpha value is -2.12. The summed E-state index contributed by atoms with van der Waals surface area (Å²) in [6.07, 6.45) is 3.88. The number of esters is 1. The summed E-state index contributed by atoms with van der Waals surface area (Å²) in [6.45, 7) is 6.47. The first-order valence-corrected chi connectivity index (χ1v) is 10.3. The first-order valence-electron chi connectivity index (χ1n) is 8.69. The van der Waals surface area contributed by atoms with Gasteiger partial charge in [-0.15, -0.1) is 11.3 Å². The van der Waals surface area contributed by atoms with Crippen molar-refractivity contribution in [2.45, 2.75) is 27.2 Å². The molecule has 0 aliphatic heterocycles. The largest absolute Gasteiger partial charge is 0.493 e. The van der Waals surface area contributed by atoms with Crippen LogP contribution in [0.2, 0.25) is 0 Å². The van der Waals surface area contributed by atoms with E-state index in [1.807, 2.05) is 32.0 Å². The highest BCUT2D eigenvalue weighted by Gasteiger charge is 2.18. The van der Waals surface area contributed by atoms with Gasteiger partial charge in [0.2, 0.25) is 5.91 Å². The van der Waals surface area contributed by atoms with E-state index in [-0.39, 0.29) is 12.5 Å². The number of halogens is 1. The lowest BCUT2D eigenvalue weighted by Gasteiger charge is -2.07. The first-order chi connectivity index (χ1) is 13.0. The monoisotopic (exact) mass is 451 g/mol. The zero-order valence-corrected chi connectivity index (χ0v) is 17.9. The van der Waals surface area contributed by atoms with Crippen LogP contribution in [-0.2, 0) is 16.0 Å². The minimum absolute atomic E-state index is 0.284. The van der Waals surface area contributed by atoms with E-state index in [4.69, 9.17) is 9.47 Å². The average Bonchev–Trinajstić information content (AvgIpc) is 3.05. The van der Waals surface area contributed by atoms with Crippen molar-refractivity contribution in [2.24, 2.45) is 0 Å². The summed E-state index contributed by atoms with van der Waals surface area (Å²) >= 11 is 4.80. The minimum atomic E-state index is -0.432. The fourth-order valence-corrected chi connectivity index (χ4v) is 3.69. The van der Waals surface area contributed by atoms with Gasteiger partial charge in [0.05, 0.1) is 18.8 Å². The maximum atomic E-state index is 12.4. The summed E-state index contributed by atoms with van der Waals surface area (Å²) < 4.78 is 11.5. The molecule has 1 aromatic heterocycles. The summed E-state index contributed by atoms with van der Waals surface area (Å²) in [5, 5.41) is 3.28. The van der Waals surface area contributed by atoms with Gasteiger partial charge in [-0.1, -0.05) is 22.9 Å². The SMILES string of the molecule is CCOC(=O)c1cc(CC)sc1NC(=O)C=Cc1cc(Br)ccc1OCC. The smallest absolute Gasteiger partial charge is 0.341 e. The summed E-state index contributed by atoms with van der Waals surface area (Å²) in [6, 6.07) is 7.37. The van der Waals surface area contributed by atoms with Crippen molar-refractivity contribution in [3.05, 3.63) is 50.8 Å². The normalized spacial score (nSPS) is 10.8. The fraction of sp³-hybridized carbons (Fsp3) is 0.300. The third kappa shape index (κ3) is 5.94. The van der Waals surface area contributed by atoms with Gasteiger partial charge in [-0.2, -0.15) is 0 Å². The predicted molar refractivity (Wildman–Crippen MR) is 113 cm³/mol. The molecule has 5 nitrogen and oxygen atoms in total. The second-order valence-corrected chi connectivity index (χ2v) is 7.52. The third-order valence-electron chi connectivity index (χ3n) is 3.55. The third-order valence-corrected chi connectivity index (χ3v) is 5.24. The molecular weight excluding hydrogens is 430 g/mol. The number of amides is 1. The molecule has 7 heteroatoms. The molecule has 0 radical (unpaired) electrons. The minimum Gasteiger partial charge on any atom is -0.493 e. The molecule has 0 spiro atoms. The van der Waals surface area contributed by atoms with E-state index in [9.17, 15) is 9.59 Å². The van der Waals surface area contributed by atoms with Crippen LogP contribution in [0.25, 0.3) is 6.08 Å². The number of aryl methyl sites for hydroxylation is 1. The van der Waals surface area contributed by atoms with Gasteiger partial charge in [0.15, 0.2) is 0 Å². The van der Waals surface area contributed by atoms with Gasteiger partial charge in [-0.05, 0) is 50.6 Å². The van der Waals surface area contributed by atoms with E-state index in [0.717, 1.165) is 21.3 Å². The Morgan fingerprint density at radius 3 is 2.63 bits per heavy atom. The molecule has 1 N–H and O–H groups in total. The second-order valence-electron chi connectivity index (χ2n) is 5.47. The average molecular weight is 452 g/mol. The second kappa shape index (κ2) is 10.3. The van der Waals surface area contributed by atoms with E-state index in [1.165, 1.54) is 17.4 Å². The van der Waals surface area contributed by atoms with Gasteiger partial charge in [0.1, 0.15) is 10.8 Å². The maximum absolute atomic E-state index is 12.4. The quantitative estimate of drug-likeness (QED) is 0.436. The number of anilines is 1. The van der Waals surface area contributed by atoms with Crippen LogP contribution in [0.5, 0.6) is 5.75 Å². The summed E-state index contributed by atoms with van der Waals surface area (Å²) in [5.74, 6) is -0.0628. The van der Waals surface area contributed by atoms with Crippen molar-refractivity contribution in [2.75, 3.05) is 18.5 Å². The first kappa shape index (κ1) is 21.2. The number of nitrogens with one attached hydrogen (secondary N) is 1. The Labute approximate surface area is 171 Å². The molecule has 0 aliphatic carbocycles. The Bertz CT molecular complexity index is 845. The van der Waals surface area contributed by atoms with E-state index >= 15 is 0 Å². The van der Waals surface area contributed by atoms with Crippen molar-refractivity contribution in [1.82, 2.24) is 0 Å². The highest BCUT2D eigenvalue weighted by molar-refractivity contribution is 9.10. The van der Waals surface area contributed by atoms with Crippen LogP contribution < -0.4 is 10.1 Å². The van der Waals surface area contributed by atoms with Crippen LogP contribution in [0.15, 0.2) is 34.8 Å². The van der Waals surface area contributed by atoms with E-state index in [1.54, 1.807) is 19.1 Å². The molecule has 2 aromatic rings. The molecular formula is C20H22BrNO4S. The van der Waals surface area contributed by atoms with Crippen molar-refractivity contribution < 1.29 is 19.1 Å². The molecule has 0 bridgehead atoms. The van der Waals surface area contributed by atoms with Crippen LogP contribution in [0, 0.1) is 0 Å². The number of thiophene rings is 1. The van der Waals surface area contributed by atoms with Crippen molar-refractivity contribution in [3.63, 3.8) is 0 Å². The van der Waals surface area contributed by atoms with Crippen LogP contribution in [0.4, 0.5) is 5.00 Å². The Morgan fingerprint density at radius 1 is 1.19 bits per heavy atom. The molecule has 1 heterocycles. The van der Waals surface area contributed by atoms with Crippen molar-refractivity contribution in [3.8, 4) is 5.75 Å². The number of carbonyl (C=O) groups excluding carboxylic acids is 2. The lowest BCUT2D eigenvalue weighted by Crippen LogP contribution is -2.11. The number of hydrogen-bond donors (Lipinski definition) is 1. The molecule has 144 valence electrons. The highest BCUT2D eigenvalue weighted by Crippen LogP contribution is 2.30. The maximum Gasteiger partial charge on any atom is 0.341 e. The van der Waals surface area contributed by atoms with Crippen LogP contribution in [-0.4, -0.2) is 25.1 Å². The molecule has 0 atom stereocenters. The lowest BCUT2D eigenvalue weighted by molar-refractivity contribution is -0.111. The molecule has 1 aromatic carbocycles. The van der Waals surface area contributed by atoms with Gasteiger partial charge in [-0.25, -0.2) is 4.79 Å². The number of carbonyl (C=O) groups is 2. The number of rotatable bonds is 8. The van der Waals surface area contributed by atoms with Crippen LogP contribution in [0.3, 0.4) is 0 Å². The standard InChI is InChI=1S/C20H22BrNO4S/c1-4-15-12-16(20(24)26-6-3)19(27-15)22-18(23)10-7-13-11-14(21)8-9-17(13)25-5-2/h7-12H,4-6H2,1-3H3,(H,22,23). The van der Waals surface area contributed by atoms with Gasteiger partial charge in [-0.3, -0.25) is 4.79 Å². The number of ether oxygens (including phenoxy) is 2. The molecule has 1 amide bonds. The molecule has 27 heavy (non-hydrogen) atoms. The Balaban J connectivity index is 2.19. The molecule has 0 aliphatic rings. The summed E-state index contributed by atoms with van der Waals surface area (Å²) in [4.78, 5) is 25.5. The Kier molecular flexibility index (Phi) is 8.06. The van der Waals surface area contributed by atoms with Crippen LogP contribution >= 0.6 is 27.3 Å². The van der Waals surface area contributed by atoms with E-state index < -0.39 is 5.97 Å². The number of hydrogen-bond acceptors (Lipinski definition) is 5. The van der Waals surface area contributed by atoms with E-state index in [0.29, 0.717) is 22.9 Å². The topological polar surface area (TPSA) is 64.6 Å². The molecule has 0 fully saturated rings. The molecule has 2 rings (SSSR count).